The van der Waals surface area contributed by atoms with Gasteiger partial charge in [0.2, 0.25) is 5.91 Å². The van der Waals surface area contributed by atoms with Gasteiger partial charge < -0.3 is 10.4 Å². The van der Waals surface area contributed by atoms with Crippen molar-refractivity contribution >= 4 is 28.2 Å². The molecule has 20 heavy (non-hydrogen) atoms. The molecule has 108 valence electrons. The summed E-state index contributed by atoms with van der Waals surface area (Å²) in [7, 11) is 0. The number of nitrogens with one attached hydrogen (secondary N) is 1. The van der Waals surface area contributed by atoms with Gasteiger partial charge in [0.15, 0.2) is 4.96 Å². The van der Waals surface area contributed by atoms with Crippen molar-refractivity contribution in [1.29, 1.82) is 0 Å². The van der Waals surface area contributed by atoms with E-state index in [1.165, 1.54) is 11.3 Å². The molecule has 2 rings (SSSR count). The van der Waals surface area contributed by atoms with Crippen molar-refractivity contribution in [2.45, 2.75) is 32.7 Å². The molecule has 2 aromatic rings. The number of carboxylic acids is 1. The summed E-state index contributed by atoms with van der Waals surface area (Å²) in [5, 5.41) is 13.5. The first kappa shape index (κ1) is 14.5. The quantitative estimate of drug-likeness (QED) is 0.847. The number of carbonyl (C=O) groups excluding carboxylic acids is 1. The molecule has 0 radical (unpaired) electrons. The molecule has 0 aliphatic heterocycles. The van der Waals surface area contributed by atoms with E-state index in [0.29, 0.717) is 12.1 Å². The van der Waals surface area contributed by atoms with Crippen LogP contribution in [0.2, 0.25) is 0 Å². The smallest absolute Gasteiger partial charge is 0.326 e. The maximum atomic E-state index is 11.9. The van der Waals surface area contributed by atoms with E-state index in [-0.39, 0.29) is 18.2 Å². The summed E-state index contributed by atoms with van der Waals surface area (Å²) in [5.41, 5.74) is 0.642. The third-order valence-corrected chi connectivity index (χ3v) is 3.60. The van der Waals surface area contributed by atoms with Crippen molar-refractivity contribution in [3.63, 3.8) is 0 Å². The number of carbonyl (C=O) groups is 2. The number of imidazole rings is 1. The Morgan fingerprint density at radius 1 is 1.50 bits per heavy atom. The topological polar surface area (TPSA) is 83.7 Å². The molecular weight excluding hydrogens is 278 g/mol. The minimum Gasteiger partial charge on any atom is -0.480 e. The van der Waals surface area contributed by atoms with Gasteiger partial charge in [-0.1, -0.05) is 13.8 Å². The second kappa shape index (κ2) is 6.04. The van der Waals surface area contributed by atoms with Gasteiger partial charge in [-0.3, -0.25) is 9.20 Å². The molecule has 0 unspecified atom stereocenters. The second-order valence-corrected chi connectivity index (χ2v) is 5.96. The predicted molar refractivity (Wildman–Crippen MR) is 75.8 cm³/mol. The number of rotatable bonds is 6. The lowest BCUT2D eigenvalue weighted by molar-refractivity contribution is -0.142. The highest BCUT2D eigenvalue weighted by Crippen LogP contribution is 2.12. The summed E-state index contributed by atoms with van der Waals surface area (Å²) in [6, 6.07) is -0.841. The van der Waals surface area contributed by atoms with Gasteiger partial charge in [-0.15, -0.1) is 11.3 Å². The zero-order valence-electron chi connectivity index (χ0n) is 11.4. The molecule has 2 heterocycles. The molecule has 2 aromatic heterocycles. The van der Waals surface area contributed by atoms with Crippen molar-refractivity contribution in [3.8, 4) is 0 Å². The Bertz CT molecular complexity index is 589. The Hall–Kier alpha value is -1.89. The number of aliphatic carboxylic acids is 1. The van der Waals surface area contributed by atoms with Crippen molar-refractivity contribution in [3.05, 3.63) is 23.5 Å². The van der Waals surface area contributed by atoms with Crippen LogP contribution in [0.3, 0.4) is 0 Å². The lowest BCUT2D eigenvalue weighted by atomic mass is 10.0. The number of fused-ring (bicyclic) bond motifs is 1. The summed E-state index contributed by atoms with van der Waals surface area (Å²) < 4.78 is 1.84. The molecule has 0 fully saturated rings. The lowest BCUT2D eigenvalue weighted by Gasteiger charge is -2.16. The molecule has 6 nitrogen and oxygen atoms in total. The average Bonchev–Trinajstić information content (AvgIpc) is 2.87. The van der Waals surface area contributed by atoms with Gasteiger partial charge in [0.25, 0.3) is 0 Å². The van der Waals surface area contributed by atoms with Crippen LogP contribution >= 0.6 is 11.3 Å². The summed E-state index contributed by atoms with van der Waals surface area (Å²) in [6.07, 6.45) is 4.16. The van der Waals surface area contributed by atoms with Gasteiger partial charge >= 0.3 is 5.97 Å². The molecule has 0 saturated carbocycles. The van der Waals surface area contributed by atoms with Gasteiger partial charge in [-0.2, -0.15) is 0 Å². The van der Waals surface area contributed by atoms with Gasteiger partial charge in [0, 0.05) is 17.8 Å². The number of hydrogen-bond acceptors (Lipinski definition) is 4. The first-order valence-electron chi connectivity index (χ1n) is 6.39. The van der Waals surface area contributed by atoms with Crippen LogP contribution < -0.4 is 5.32 Å². The van der Waals surface area contributed by atoms with Crippen LogP contribution in [0.1, 0.15) is 26.0 Å². The van der Waals surface area contributed by atoms with Gasteiger partial charge in [-0.25, -0.2) is 9.78 Å². The van der Waals surface area contributed by atoms with Crippen LogP contribution in [-0.4, -0.2) is 32.4 Å². The minimum atomic E-state index is -1.00. The fourth-order valence-electron chi connectivity index (χ4n) is 1.96. The monoisotopic (exact) mass is 295 g/mol. The van der Waals surface area contributed by atoms with Crippen molar-refractivity contribution in [1.82, 2.24) is 14.7 Å². The first-order chi connectivity index (χ1) is 9.45. The zero-order valence-corrected chi connectivity index (χ0v) is 12.2. The van der Waals surface area contributed by atoms with E-state index >= 15 is 0 Å². The zero-order chi connectivity index (χ0) is 14.7. The number of aromatic nitrogens is 2. The van der Waals surface area contributed by atoms with E-state index < -0.39 is 12.0 Å². The number of thiazole rings is 1. The van der Waals surface area contributed by atoms with Crippen LogP contribution in [0.15, 0.2) is 17.8 Å². The van der Waals surface area contributed by atoms with E-state index in [4.69, 9.17) is 5.11 Å². The Balaban J connectivity index is 1.96. The van der Waals surface area contributed by atoms with Crippen LogP contribution in [0.5, 0.6) is 0 Å². The highest BCUT2D eigenvalue weighted by atomic mass is 32.1. The molecule has 2 N–H and O–H groups in total. The molecule has 1 amide bonds. The predicted octanol–water partition coefficient (Wildman–Crippen LogP) is 1.55. The average molecular weight is 295 g/mol. The number of amides is 1. The molecule has 0 spiro atoms. The SMILES string of the molecule is CC(C)C[C@@H](NC(=O)Cc1cn2ccsc2n1)C(=O)O. The van der Waals surface area contributed by atoms with Crippen molar-refractivity contribution < 1.29 is 14.7 Å². The molecule has 0 aliphatic carbocycles. The number of nitrogens with zero attached hydrogens (tertiary/aromatic N) is 2. The van der Waals surface area contributed by atoms with Crippen LogP contribution in [-0.2, 0) is 16.0 Å². The Labute approximate surface area is 120 Å². The largest absolute Gasteiger partial charge is 0.480 e. The maximum absolute atomic E-state index is 11.9. The minimum absolute atomic E-state index is 0.0935. The highest BCUT2D eigenvalue weighted by Gasteiger charge is 2.21. The molecule has 0 aliphatic rings. The van der Waals surface area contributed by atoms with Crippen LogP contribution in [0.25, 0.3) is 4.96 Å². The summed E-state index contributed by atoms with van der Waals surface area (Å²) in [6.45, 7) is 3.84. The van der Waals surface area contributed by atoms with Crippen molar-refractivity contribution in [2.24, 2.45) is 5.92 Å². The van der Waals surface area contributed by atoms with E-state index in [1.54, 1.807) is 6.20 Å². The highest BCUT2D eigenvalue weighted by molar-refractivity contribution is 7.15. The van der Waals surface area contributed by atoms with E-state index in [0.717, 1.165) is 4.96 Å². The Kier molecular flexibility index (Phi) is 4.39. The van der Waals surface area contributed by atoms with E-state index in [9.17, 15) is 9.59 Å². The Morgan fingerprint density at radius 2 is 2.25 bits per heavy atom. The lowest BCUT2D eigenvalue weighted by Crippen LogP contribution is -2.42. The van der Waals surface area contributed by atoms with Gasteiger partial charge in [-0.05, 0) is 12.3 Å². The molecule has 0 saturated heterocycles. The van der Waals surface area contributed by atoms with E-state index in [1.807, 2.05) is 29.8 Å². The van der Waals surface area contributed by atoms with Gasteiger partial charge in [0.05, 0.1) is 12.1 Å². The Morgan fingerprint density at radius 3 is 2.85 bits per heavy atom. The molecule has 1 atom stereocenters. The van der Waals surface area contributed by atoms with Crippen LogP contribution in [0.4, 0.5) is 0 Å². The normalized spacial score (nSPS) is 12.8. The summed E-state index contributed by atoms with van der Waals surface area (Å²) in [4.78, 5) is 28.1. The van der Waals surface area contributed by atoms with Gasteiger partial charge in [0.1, 0.15) is 6.04 Å². The molecule has 0 aromatic carbocycles. The molecular formula is C13H17N3O3S. The maximum Gasteiger partial charge on any atom is 0.326 e. The van der Waals surface area contributed by atoms with Crippen molar-refractivity contribution in [2.75, 3.05) is 0 Å². The first-order valence-corrected chi connectivity index (χ1v) is 7.27. The molecule has 7 heteroatoms. The summed E-state index contributed by atoms with van der Waals surface area (Å²) in [5.74, 6) is -1.11. The fourth-order valence-corrected chi connectivity index (χ4v) is 2.68. The second-order valence-electron chi connectivity index (χ2n) is 5.09. The molecule has 0 bridgehead atoms. The standard InChI is InChI=1S/C13H17N3O3S/c1-8(2)5-10(12(18)19)15-11(17)6-9-7-16-3-4-20-13(16)14-9/h3-4,7-8,10H,5-6H2,1-2H3,(H,15,17)(H,18,19)/t10-/m1/s1. The van der Waals surface area contributed by atoms with E-state index in [2.05, 4.69) is 10.3 Å². The number of hydrogen-bond donors (Lipinski definition) is 2. The number of carboxylic acid groups (broad SMARTS) is 1. The third-order valence-electron chi connectivity index (χ3n) is 2.83. The summed E-state index contributed by atoms with van der Waals surface area (Å²) >= 11 is 1.49. The van der Waals surface area contributed by atoms with Crippen LogP contribution in [0, 0.1) is 5.92 Å². The third kappa shape index (κ3) is 3.57. The fraction of sp³-hybridized carbons (Fsp3) is 0.462.